The fourth-order valence-corrected chi connectivity index (χ4v) is 1.08. The topological polar surface area (TPSA) is 46.5 Å². The third kappa shape index (κ3) is 6.66. The molecule has 1 unspecified atom stereocenters. The molecule has 0 fully saturated rings. The number of aliphatic carboxylic acids is 1. The van der Waals surface area contributed by atoms with E-state index in [4.69, 9.17) is 9.84 Å². The van der Waals surface area contributed by atoms with Gasteiger partial charge in [-0.1, -0.05) is 31.9 Å². The summed E-state index contributed by atoms with van der Waals surface area (Å²) >= 11 is 0. The Kier molecular flexibility index (Phi) is 8.24. The van der Waals surface area contributed by atoms with Crippen LogP contribution in [0.4, 0.5) is 0 Å². The van der Waals surface area contributed by atoms with Crippen molar-refractivity contribution in [2.24, 2.45) is 0 Å². The van der Waals surface area contributed by atoms with Gasteiger partial charge in [0, 0.05) is 13.0 Å². The number of allylic oxidation sites excluding steroid dienone is 1. The number of carbonyl (C=O) groups is 1. The first-order chi connectivity index (χ1) is 6.72. The highest BCUT2D eigenvalue weighted by atomic mass is 16.5. The average molecular weight is 200 g/mol. The van der Waals surface area contributed by atoms with Crippen molar-refractivity contribution in [2.45, 2.75) is 45.6 Å². The van der Waals surface area contributed by atoms with E-state index in [0.29, 0.717) is 13.0 Å². The molecule has 1 N–H and O–H groups in total. The number of hydrogen-bond donors (Lipinski definition) is 1. The monoisotopic (exact) mass is 200 g/mol. The number of unbranched alkanes of at least 4 members (excludes halogenated alkanes) is 2. The first kappa shape index (κ1) is 13.2. The molecular weight excluding hydrogens is 180 g/mol. The second-order valence-electron chi connectivity index (χ2n) is 3.21. The third-order valence-electron chi connectivity index (χ3n) is 1.93. The van der Waals surface area contributed by atoms with Crippen molar-refractivity contribution < 1.29 is 14.6 Å². The van der Waals surface area contributed by atoms with Crippen LogP contribution in [0.3, 0.4) is 0 Å². The Morgan fingerprint density at radius 3 is 2.71 bits per heavy atom. The largest absolute Gasteiger partial charge is 0.479 e. The summed E-state index contributed by atoms with van der Waals surface area (Å²) in [6.07, 6.45) is 6.59. The Hall–Kier alpha value is -0.830. The summed E-state index contributed by atoms with van der Waals surface area (Å²) in [6.45, 7) is 4.52. The van der Waals surface area contributed by atoms with Gasteiger partial charge in [-0.05, 0) is 13.3 Å². The van der Waals surface area contributed by atoms with E-state index in [1.807, 2.05) is 19.1 Å². The molecule has 0 radical (unpaired) electrons. The van der Waals surface area contributed by atoms with Crippen LogP contribution in [0.1, 0.15) is 39.5 Å². The second kappa shape index (κ2) is 8.75. The van der Waals surface area contributed by atoms with Gasteiger partial charge < -0.3 is 9.84 Å². The summed E-state index contributed by atoms with van der Waals surface area (Å²) in [4.78, 5) is 10.7. The van der Waals surface area contributed by atoms with Gasteiger partial charge in [-0.3, -0.25) is 0 Å². The van der Waals surface area contributed by atoms with E-state index in [9.17, 15) is 4.79 Å². The Labute approximate surface area is 85.8 Å². The molecule has 3 heteroatoms. The Morgan fingerprint density at radius 1 is 1.50 bits per heavy atom. The van der Waals surface area contributed by atoms with Crippen molar-refractivity contribution in [3.05, 3.63) is 12.2 Å². The minimum absolute atomic E-state index is 0.456. The van der Waals surface area contributed by atoms with Gasteiger partial charge in [-0.15, -0.1) is 0 Å². The van der Waals surface area contributed by atoms with Crippen LogP contribution in [0.25, 0.3) is 0 Å². The summed E-state index contributed by atoms with van der Waals surface area (Å²) in [5, 5.41) is 8.80. The maximum atomic E-state index is 10.7. The van der Waals surface area contributed by atoms with Crippen molar-refractivity contribution in [3.8, 4) is 0 Å². The molecule has 0 rings (SSSR count). The summed E-state index contributed by atoms with van der Waals surface area (Å²) in [5.74, 6) is -0.875. The van der Waals surface area contributed by atoms with Gasteiger partial charge in [0.15, 0.2) is 6.10 Å². The predicted molar refractivity (Wildman–Crippen MR) is 56.3 cm³/mol. The van der Waals surface area contributed by atoms with Gasteiger partial charge >= 0.3 is 5.97 Å². The van der Waals surface area contributed by atoms with E-state index in [1.165, 1.54) is 0 Å². The predicted octanol–water partition coefficient (Wildman–Crippen LogP) is 2.61. The van der Waals surface area contributed by atoms with Crippen molar-refractivity contribution in [1.29, 1.82) is 0 Å². The maximum absolute atomic E-state index is 10.7. The number of rotatable bonds is 8. The molecule has 82 valence electrons. The number of carboxylic acid groups (broad SMARTS) is 1. The first-order valence-corrected chi connectivity index (χ1v) is 5.18. The Bertz CT molecular complexity index is 175. The van der Waals surface area contributed by atoms with E-state index < -0.39 is 12.1 Å². The lowest BCUT2D eigenvalue weighted by Gasteiger charge is -2.11. The molecule has 0 spiro atoms. The summed E-state index contributed by atoms with van der Waals surface area (Å²) in [7, 11) is 0. The van der Waals surface area contributed by atoms with E-state index in [-0.39, 0.29) is 0 Å². The van der Waals surface area contributed by atoms with Crippen LogP contribution in [-0.2, 0) is 9.53 Å². The van der Waals surface area contributed by atoms with Gasteiger partial charge in [-0.25, -0.2) is 4.79 Å². The standard InChI is InChI=1S/C11H20O3/c1-3-5-7-9-14-10(11(12)13)8-6-4-2/h4,6,10H,3,5,7-9H2,1-2H3,(H,12,13). The van der Waals surface area contributed by atoms with E-state index >= 15 is 0 Å². The lowest BCUT2D eigenvalue weighted by Crippen LogP contribution is -2.23. The van der Waals surface area contributed by atoms with E-state index in [1.54, 1.807) is 0 Å². The normalized spacial score (nSPS) is 13.3. The Morgan fingerprint density at radius 2 is 2.21 bits per heavy atom. The lowest BCUT2D eigenvalue weighted by molar-refractivity contribution is -0.150. The lowest BCUT2D eigenvalue weighted by atomic mass is 10.2. The zero-order valence-corrected chi connectivity index (χ0v) is 9.03. The second-order valence-corrected chi connectivity index (χ2v) is 3.21. The number of hydrogen-bond acceptors (Lipinski definition) is 2. The molecule has 14 heavy (non-hydrogen) atoms. The molecule has 1 atom stereocenters. The van der Waals surface area contributed by atoms with Gasteiger partial charge in [0.25, 0.3) is 0 Å². The van der Waals surface area contributed by atoms with Crippen molar-refractivity contribution in [2.75, 3.05) is 6.61 Å². The molecule has 0 aromatic carbocycles. The molecule has 0 amide bonds. The smallest absolute Gasteiger partial charge is 0.333 e. The minimum Gasteiger partial charge on any atom is -0.479 e. The molecule has 0 saturated carbocycles. The van der Waals surface area contributed by atoms with Crippen molar-refractivity contribution in [3.63, 3.8) is 0 Å². The fourth-order valence-electron chi connectivity index (χ4n) is 1.08. The highest BCUT2D eigenvalue weighted by molar-refractivity contribution is 5.72. The van der Waals surface area contributed by atoms with Crippen LogP contribution in [0.5, 0.6) is 0 Å². The highest BCUT2D eigenvalue weighted by Crippen LogP contribution is 2.03. The zero-order valence-electron chi connectivity index (χ0n) is 9.03. The number of ether oxygens (including phenoxy) is 1. The molecule has 0 aliphatic rings. The highest BCUT2D eigenvalue weighted by Gasteiger charge is 2.15. The number of carboxylic acids is 1. The molecule has 0 heterocycles. The van der Waals surface area contributed by atoms with Crippen LogP contribution >= 0.6 is 0 Å². The summed E-state index contributed by atoms with van der Waals surface area (Å²) < 4.78 is 5.26. The quantitative estimate of drug-likeness (QED) is 0.484. The van der Waals surface area contributed by atoms with Gasteiger partial charge in [0.2, 0.25) is 0 Å². The van der Waals surface area contributed by atoms with Crippen molar-refractivity contribution in [1.82, 2.24) is 0 Å². The van der Waals surface area contributed by atoms with Crippen LogP contribution in [0, 0.1) is 0 Å². The zero-order chi connectivity index (χ0) is 10.8. The maximum Gasteiger partial charge on any atom is 0.333 e. The van der Waals surface area contributed by atoms with Crippen LogP contribution < -0.4 is 0 Å². The molecule has 0 saturated heterocycles. The molecular formula is C11H20O3. The van der Waals surface area contributed by atoms with Gasteiger partial charge in [0.1, 0.15) is 0 Å². The SMILES string of the molecule is CC=CCC(OCCCCC)C(=O)O. The molecule has 0 aromatic heterocycles. The fraction of sp³-hybridized carbons (Fsp3) is 0.727. The first-order valence-electron chi connectivity index (χ1n) is 5.18. The molecule has 0 aliphatic carbocycles. The molecule has 0 aromatic rings. The third-order valence-corrected chi connectivity index (χ3v) is 1.93. The molecule has 0 aliphatic heterocycles. The summed E-state index contributed by atoms with van der Waals surface area (Å²) in [5.41, 5.74) is 0. The van der Waals surface area contributed by atoms with Gasteiger partial charge in [-0.2, -0.15) is 0 Å². The van der Waals surface area contributed by atoms with E-state index in [0.717, 1.165) is 19.3 Å². The Balaban J connectivity index is 3.68. The molecule has 3 nitrogen and oxygen atoms in total. The van der Waals surface area contributed by atoms with Crippen LogP contribution in [0.15, 0.2) is 12.2 Å². The summed E-state index contributed by atoms with van der Waals surface area (Å²) in [6, 6.07) is 0. The average Bonchev–Trinajstić information content (AvgIpc) is 2.16. The van der Waals surface area contributed by atoms with Gasteiger partial charge in [0.05, 0.1) is 0 Å². The molecule has 0 bridgehead atoms. The van der Waals surface area contributed by atoms with Crippen LogP contribution in [-0.4, -0.2) is 23.8 Å². The minimum atomic E-state index is -0.875. The van der Waals surface area contributed by atoms with E-state index in [2.05, 4.69) is 6.92 Å². The van der Waals surface area contributed by atoms with Crippen LogP contribution in [0.2, 0.25) is 0 Å². The van der Waals surface area contributed by atoms with Crippen molar-refractivity contribution >= 4 is 5.97 Å².